The summed E-state index contributed by atoms with van der Waals surface area (Å²) >= 11 is 5.91. The van der Waals surface area contributed by atoms with Gasteiger partial charge in [-0.25, -0.2) is 4.68 Å². The molecular formula is C20H19ClN2O2. The number of hydrogen-bond donors (Lipinski definition) is 1. The Morgan fingerprint density at radius 1 is 1.08 bits per heavy atom. The van der Waals surface area contributed by atoms with Crippen LogP contribution in [0.25, 0.3) is 11.1 Å². The highest BCUT2D eigenvalue weighted by atomic mass is 35.5. The fourth-order valence-corrected chi connectivity index (χ4v) is 2.99. The van der Waals surface area contributed by atoms with Crippen molar-refractivity contribution < 1.29 is 5.11 Å². The van der Waals surface area contributed by atoms with Crippen LogP contribution in [0.5, 0.6) is 5.75 Å². The van der Waals surface area contributed by atoms with Crippen LogP contribution < -0.4 is 5.56 Å². The van der Waals surface area contributed by atoms with Gasteiger partial charge in [0.2, 0.25) is 0 Å². The second kappa shape index (κ2) is 7.11. The fourth-order valence-electron chi connectivity index (χ4n) is 2.86. The Morgan fingerprint density at radius 2 is 1.76 bits per heavy atom. The summed E-state index contributed by atoms with van der Waals surface area (Å²) in [4.78, 5) is 12.5. The Morgan fingerprint density at radius 3 is 2.44 bits per heavy atom. The van der Waals surface area contributed by atoms with E-state index in [1.807, 2.05) is 55.5 Å². The van der Waals surface area contributed by atoms with Crippen molar-refractivity contribution in [1.29, 1.82) is 0 Å². The first kappa shape index (κ1) is 17.2. The zero-order valence-electron chi connectivity index (χ0n) is 14.2. The number of halogens is 1. The summed E-state index contributed by atoms with van der Waals surface area (Å²) in [5.74, 6) is -0.0358. The number of aromatic nitrogens is 2. The normalized spacial score (nSPS) is 10.8. The average molecular weight is 355 g/mol. The molecule has 0 fully saturated rings. The van der Waals surface area contributed by atoms with Gasteiger partial charge in [-0.2, -0.15) is 5.10 Å². The second-order valence-corrected chi connectivity index (χ2v) is 6.48. The van der Waals surface area contributed by atoms with Crippen LogP contribution in [-0.4, -0.2) is 14.9 Å². The quantitative estimate of drug-likeness (QED) is 0.773. The lowest BCUT2D eigenvalue weighted by Gasteiger charge is -2.12. The van der Waals surface area contributed by atoms with Crippen LogP contribution in [0.15, 0.2) is 53.3 Å². The number of hydrogen-bond acceptors (Lipinski definition) is 3. The molecule has 0 atom stereocenters. The number of aryl methyl sites for hydroxylation is 4. The van der Waals surface area contributed by atoms with Gasteiger partial charge in [-0.3, -0.25) is 4.79 Å². The molecule has 0 amide bonds. The molecule has 0 spiro atoms. The molecule has 5 heteroatoms. The maximum Gasteiger partial charge on any atom is 0.278 e. The number of nitrogens with zero attached hydrogens (tertiary/aromatic N) is 2. The molecule has 1 aromatic heterocycles. The molecule has 128 valence electrons. The molecule has 0 aliphatic heterocycles. The van der Waals surface area contributed by atoms with E-state index in [2.05, 4.69) is 5.10 Å². The summed E-state index contributed by atoms with van der Waals surface area (Å²) in [5, 5.41) is 15.6. The molecule has 2 aromatic carbocycles. The molecular weight excluding hydrogens is 336 g/mol. The largest absolute Gasteiger partial charge is 0.505 e. The molecule has 4 nitrogen and oxygen atoms in total. The molecule has 0 saturated carbocycles. The maximum atomic E-state index is 12.5. The molecule has 0 unspecified atom stereocenters. The highest BCUT2D eigenvalue weighted by molar-refractivity contribution is 6.30. The molecule has 0 aliphatic rings. The van der Waals surface area contributed by atoms with Crippen molar-refractivity contribution in [2.75, 3.05) is 0 Å². The molecule has 25 heavy (non-hydrogen) atoms. The minimum atomic E-state index is -0.304. The van der Waals surface area contributed by atoms with Gasteiger partial charge in [-0.1, -0.05) is 48.0 Å². The zero-order chi connectivity index (χ0) is 18.0. The predicted molar refractivity (Wildman–Crippen MR) is 100 cm³/mol. The van der Waals surface area contributed by atoms with Crippen LogP contribution in [0.4, 0.5) is 0 Å². The molecule has 0 bridgehead atoms. The van der Waals surface area contributed by atoms with Crippen molar-refractivity contribution in [2.24, 2.45) is 7.05 Å². The first-order chi connectivity index (χ1) is 12.0. The van der Waals surface area contributed by atoms with E-state index in [-0.39, 0.29) is 11.3 Å². The number of benzene rings is 2. The van der Waals surface area contributed by atoms with Crippen LogP contribution in [0.1, 0.15) is 16.8 Å². The highest BCUT2D eigenvalue weighted by Crippen LogP contribution is 2.30. The minimum Gasteiger partial charge on any atom is -0.505 e. The third-order valence-corrected chi connectivity index (χ3v) is 4.52. The van der Waals surface area contributed by atoms with Crippen molar-refractivity contribution in [3.8, 4) is 16.9 Å². The van der Waals surface area contributed by atoms with Crippen molar-refractivity contribution >= 4 is 11.6 Å². The van der Waals surface area contributed by atoms with Crippen LogP contribution >= 0.6 is 11.6 Å². The first-order valence-electron chi connectivity index (χ1n) is 8.07. The molecule has 0 radical (unpaired) electrons. The summed E-state index contributed by atoms with van der Waals surface area (Å²) in [7, 11) is 1.61. The van der Waals surface area contributed by atoms with E-state index < -0.39 is 0 Å². The van der Waals surface area contributed by atoms with Crippen LogP contribution in [-0.2, 0) is 19.9 Å². The van der Waals surface area contributed by atoms with Crippen LogP contribution in [0, 0.1) is 6.92 Å². The number of rotatable bonds is 4. The van der Waals surface area contributed by atoms with E-state index in [1.165, 1.54) is 4.68 Å². The molecule has 3 aromatic rings. The Labute approximate surface area is 151 Å². The van der Waals surface area contributed by atoms with E-state index in [4.69, 9.17) is 11.6 Å². The number of aromatic hydroxyl groups is 1. The topological polar surface area (TPSA) is 55.1 Å². The average Bonchev–Trinajstić information content (AvgIpc) is 2.60. The Bertz CT molecular complexity index is 962. The van der Waals surface area contributed by atoms with E-state index in [1.54, 1.807) is 7.05 Å². The third kappa shape index (κ3) is 3.59. The molecule has 1 heterocycles. The molecule has 0 aliphatic carbocycles. The lowest BCUT2D eigenvalue weighted by molar-refractivity contribution is 0.455. The van der Waals surface area contributed by atoms with E-state index in [0.717, 1.165) is 16.7 Å². The summed E-state index contributed by atoms with van der Waals surface area (Å²) in [5.41, 5.74) is 3.27. The first-order valence-corrected chi connectivity index (χ1v) is 8.44. The van der Waals surface area contributed by atoms with Crippen molar-refractivity contribution in [2.45, 2.75) is 19.8 Å². The van der Waals surface area contributed by atoms with Gasteiger partial charge < -0.3 is 5.11 Å². The van der Waals surface area contributed by atoms with Gasteiger partial charge in [-0.15, -0.1) is 0 Å². The van der Waals surface area contributed by atoms with Crippen LogP contribution in [0.3, 0.4) is 0 Å². The SMILES string of the molecule is Cc1ccccc1-c1c(O)c(CCc2ccc(Cl)cc2)nn(C)c1=O. The second-order valence-electron chi connectivity index (χ2n) is 6.04. The fraction of sp³-hybridized carbons (Fsp3) is 0.200. The van der Waals surface area contributed by atoms with Gasteiger partial charge in [-0.05, 0) is 48.6 Å². The minimum absolute atomic E-state index is 0.0358. The van der Waals surface area contributed by atoms with Crippen molar-refractivity contribution in [3.63, 3.8) is 0 Å². The Balaban J connectivity index is 2.00. The Hall–Kier alpha value is -2.59. The molecule has 0 saturated heterocycles. The standard InChI is InChI=1S/C20H19ClN2O2/c1-13-5-3-4-6-16(13)18-19(24)17(22-23(2)20(18)25)12-9-14-7-10-15(21)11-8-14/h3-8,10-11,24H,9,12H2,1-2H3. The van der Waals surface area contributed by atoms with Gasteiger partial charge in [0.25, 0.3) is 5.56 Å². The van der Waals surface area contributed by atoms with Gasteiger partial charge in [0.05, 0.1) is 5.56 Å². The third-order valence-electron chi connectivity index (χ3n) is 4.27. The lowest BCUT2D eigenvalue weighted by atomic mass is 9.99. The Kier molecular flexibility index (Phi) is 4.91. The van der Waals surface area contributed by atoms with Gasteiger partial charge in [0.1, 0.15) is 5.69 Å². The van der Waals surface area contributed by atoms with Gasteiger partial charge in [0, 0.05) is 12.1 Å². The summed E-state index contributed by atoms with van der Waals surface area (Å²) in [6.07, 6.45) is 1.23. The van der Waals surface area contributed by atoms with Crippen molar-refractivity contribution in [1.82, 2.24) is 9.78 Å². The summed E-state index contributed by atoms with van der Waals surface area (Å²) in [6, 6.07) is 15.1. The molecule has 3 rings (SSSR count). The van der Waals surface area contributed by atoms with Crippen molar-refractivity contribution in [3.05, 3.63) is 80.7 Å². The van der Waals surface area contributed by atoms with E-state index in [0.29, 0.717) is 29.1 Å². The molecule has 1 N–H and O–H groups in total. The maximum absolute atomic E-state index is 12.5. The van der Waals surface area contributed by atoms with Crippen LogP contribution in [0.2, 0.25) is 5.02 Å². The van der Waals surface area contributed by atoms with Gasteiger partial charge >= 0.3 is 0 Å². The van der Waals surface area contributed by atoms with Gasteiger partial charge in [0.15, 0.2) is 5.75 Å². The summed E-state index contributed by atoms with van der Waals surface area (Å²) < 4.78 is 1.29. The highest BCUT2D eigenvalue weighted by Gasteiger charge is 2.18. The van der Waals surface area contributed by atoms with E-state index >= 15 is 0 Å². The lowest BCUT2D eigenvalue weighted by Crippen LogP contribution is -2.23. The summed E-state index contributed by atoms with van der Waals surface area (Å²) in [6.45, 7) is 1.92. The smallest absolute Gasteiger partial charge is 0.278 e. The zero-order valence-corrected chi connectivity index (χ0v) is 14.9. The monoisotopic (exact) mass is 354 g/mol. The predicted octanol–water partition coefficient (Wildman–Crippen LogP) is 3.90. The van der Waals surface area contributed by atoms with E-state index in [9.17, 15) is 9.90 Å².